The van der Waals surface area contributed by atoms with Crippen molar-refractivity contribution in [2.45, 2.75) is 39.5 Å². The van der Waals surface area contributed by atoms with Crippen LogP contribution in [0, 0.1) is 12.8 Å². The van der Waals surface area contributed by atoms with E-state index in [9.17, 15) is 19.5 Å². The molecule has 1 unspecified atom stereocenters. The number of aryl methyl sites for hydroxylation is 3. The average molecular weight is 535 g/mol. The largest absolute Gasteiger partial charge is 0.481 e. The van der Waals surface area contributed by atoms with Gasteiger partial charge in [0, 0.05) is 23.4 Å². The molecule has 204 valence electrons. The topological polar surface area (TPSA) is 95.5 Å². The first-order valence-electron chi connectivity index (χ1n) is 13.5. The average Bonchev–Trinajstić information content (AvgIpc) is 2.96. The van der Waals surface area contributed by atoms with Crippen LogP contribution >= 0.6 is 0 Å². The van der Waals surface area contributed by atoms with E-state index in [0.29, 0.717) is 24.1 Å². The predicted molar refractivity (Wildman–Crippen MR) is 160 cm³/mol. The fourth-order valence-electron chi connectivity index (χ4n) is 4.66. The van der Waals surface area contributed by atoms with Crippen LogP contribution in [-0.4, -0.2) is 22.9 Å². The molecule has 2 amide bonds. The van der Waals surface area contributed by atoms with Crippen molar-refractivity contribution in [3.63, 3.8) is 0 Å². The van der Waals surface area contributed by atoms with Crippen LogP contribution < -0.4 is 10.6 Å². The molecule has 0 bridgehead atoms. The Morgan fingerprint density at radius 2 is 1.43 bits per heavy atom. The second-order valence-corrected chi connectivity index (χ2v) is 9.92. The van der Waals surface area contributed by atoms with Gasteiger partial charge in [-0.3, -0.25) is 9.59 Å². The first-order valence-corrected chi connectivity index (χ1v) is 13.5. The number of carboxylic acids is 1. The molecule has 40 heavy (non-hydrogen) atoms. The van der Waals surface area contributed by atoms with E-state index in [1.54, 1.807) is 12.1 Å². The molecule has 0 fully saturated rings. The summed E-state index contributed by atoms with van der Waals surface area (Å²) in [5.74, 6) is -1.87. The van der Waals surface area contributed by atoms with Crippen molar-refractivity contribution in [1.82, 2.24) is 0 Å². The van der Waals surface area contributed by atoms with Crippen LogP contribution in [0.3, 0.4) is 0 Å². The molecule has 0 spiro atoms. The Morgan fingerprint density at radius 1 is 0.775 bits per heavy atom. The van der Waals surface area contributed by atoms with Crippen LogP contribution in [0.15, 0.2) is 97.1 Å². The number of aliphatic carboxylic acids is 1. The summed E-state index contributed by atoms with van der Waals surface area (Å²) in [5.41, 5.74) is 7.04. The van der Waals surface area contributed by atoms with Crippen LogP contribution in [0.5, 0.6) is 0 Å². The number of Topliss-reactive ketones (excluding diaryl/α,β-unsaturated/α-hetero) is 1. The summed E-state index contributed by atoms with van der Waals surface area (Å²) in [6.45, 7) is 4.05. The van der Waals surface area contributed by atoms with Crippen molar-refractivity contribution in [3.8, 4) is 11.1 Å². The van der Waals surface area contributed by atoms with Gasteiger partial charge < -0.3 is 15.7 Å². The molecule has 0 heterocycles. The van der Waals surface area contributed by atoms with Crippen molar-refractivity contribution in [2.24, 2.45) is 5.92 Å². The SMILES string of the molecule is CCc1ccc(NC(=O)Nc2ccc(-c3ccc(C(=O)CC(CCc4ccccc4)C(=O)O)cc3)c(C)c2)cc1. The lowest BCUT2D eigenvalue weighted by atomic mass is 9.91. The number of hydrogen-bond acceptors (Lipinski definition) is 3. The first kappa shape index (κ1) is 28.3. The van der Waals surface area contributed by atoms with Gasteiger partial charge in [0.15, 0.2) is 5.78 Å². The summed E-state index contributed by atoms with van der Waals surface area (Å²) < 4.78 is 0. The number of carbonyl (C=O) groups is 3. The van der Waals surface area contributed by atoms with Gasteiger partial charge in [-0.05, 0) is 78.3 Å². The number of hydrogen-bond donors (Lipinski definition) is 3. The molecule has 0 aliphatic heterocycles. The zero-order valence-electron chi connectivity index (χ0n) is 22.8. The highest BCUT2D eigenvalue weighted by Crippen LogP contribution is 2.27. The van der Waals surface area contributed by atoms with E-state index < -0.39 is 11.9 Å². The van der Waals surface area contributed by atoms with Gasteiger partial charge in [0.2, 0.25) is 0 Å². The van der Waals surface area contributed by atoms with Crippen molar-refractivity contribution in [1.29, 1.82) is 0 Å². The van der Waals surface area contributed by atoms with Crippen molar-refractivity contribution in [3.05, 3.63) is 119 Å². The predicted octanol–water partition coefficient (Wildman–Crippen LogP) is 7.77. The van der Waals surface area contributed by atoms with Crippen molar-refractivity contribution < 1.29 is 19.5 Å². The van der Waals surface area contributed by atoms with E-state index in [2.05, 4.69) is 17.6 Å². The summed E-state index contributed by atoms with van der Waals surface area (Å²) in [6, 6.07) is 30.0. The highest BCUT2D eigenvalue weighted by Gasteiger charge is 2.22. The molecule has 0 aliphatic rings. The fourth-order valence-corrected chi connectivity index (χ4v) is 4.66. The van der Waals surface area contributed by atoms with Crippen LogP contribution in [0.2, 0.25) is 0 Å². The number of anilines is 2. The van der Waals surface area contributed by atoms with Gasteiger partial charge in [0.05, 0.1) is 5.92 Å². The Kier molecular flexibility index (Phi) is 9.47. The van der Waals surface area contributed by atoms with E-state index in [1.165, 1.54) is 5.56 Å². The van der Waals surface area contributed by atoms with Gasteiger partial charge in [-0.1, -0.05) is 79.7 Å². The lowest BCUT2D eigenvalue weighted by molar-refractivity contribution is -0.141. The summed E-state index contributed by atoms with van der Waals surface area (Å²) in [7, 11) is 0. The number of amides is 2. The minimum absolute atomic E-state index is 0.0360. The molecule has 0 aliphatic carbocycles. The number of urea groups is 1. The van der Waals surface area contributed by atoms with Gasteiger partial charge in [0.1, 0.15) is 0 Å². The van der Waals surface area contributed by atoms with Crippen molar-refractivity contribution >= 4 is 29.2 Å². The number of carboxylic acid groups (broad SMARTS) is 1. The Morgan fingerprint density at radius 3 is 2.05 bits per heavy atom. The molecule has 0 aromatic heterocycles. The van der Waals surface area contributed by atoms with Crippen LogP contribution in [-0.2, 0) is 17.6 Å². The Hall–Kier alpha value is -4.71. The number of nitrogens with one attached hydrogen (secondary N) is 2. The molecule has 4 aromatic carbocycles. The molecule has 6 nitrogen and oxygen atoms in total. The second-order valence-electron chi connectivity index (χ2n) is 9.92. The lowest BCUT2D eigenvalue weighted by Gasteiger charge is -2.13. The quantitative estimate of drug-likeness (QED) is 0.171. The van der Waals surface area contributed by atoms with Crippen LogP contribution in [0.25, 0.3) is 11.1 Å². The minimum atomic E-state index is -0.951. The number of ketones is 1. The van der Waals surface area contributed by atoms with Crippen molar-refractivity contribution in [2.75, 3.05) is 10.6 Å². The third kappa shape index (κ3) is 7.67. The van der Waals surface area contributed by atoms with E-state index in [-0.39, 0.29) is 18.2 Å². The molecule has 0 saturated heterocycles. The van der Waals surface area contributed by atoms with E-state index in [4.69, 9.17) is 0 Å². The standard InChI is InChI=1S/C34H34N2O4/c1-3-24-10-17-29(18-11-24)35-34(40)36-30-19-20-31(23(2)21-30)26-13-15-27(16-14-26)32(37)22-28(33(38)39)12-9-25-7-5-4-6-8-25/h4-8,10-11,13-21,28H,3,9,12,22H2,1-2H3,(H,38,39)(H2,35,36,40). The molecule has 6 heteroatoms. The summed E-state index contributed by atoms with van der Waals surface area (Å²) in [6.07, 6.45) is 1.93. The third-order valence-corrected chi connectivity index (χ3v) is 7.03. The Labute approximate surface area is 235 Å². The molecular weight excluding hydrogens is 500 g/mol. The van der Waals surface area contributed by atoms with Gasteiger partial charge >= 0.3 is 12.0 Å². The molecule has 3 N–H and O–H groups in total. The normalized spacial score (nSPS) is 11.4. The van der Waals surface area contributed by atoms with E-state index in [1.807, 2.05) is 91.9 Å². The van der Waals surface area contributed by atoms with Crippen LogP contribution in [0.4, 0.5) is 16.2 Å². The van der Waals surface area contributed by atoms with Gasteiger partial charge in [-0.15, -0.1) is 0 Å². The molecule has 0 radical (unpaired) electrons. The molecule has 4 rings (SSSR count). The summed E-state index contributed by atoms with van der Waals surface area (Å²) in [4.78, 5) is 37.1. The summed E-state index contributed by atoms with van der Waals surface area (Å²) >= 11 is 0. The third-order valence-electron chi connectivity index (χ3n) is 7.03. The number of rotatable bonds is 11. The van der Waals surface area contributed by atoms with Gasteiger partial charge in [-0.2, -0.15) is 0 Å². The monoisotopic (exact) mass is 534 g/mol. The molecule has 4 aromatic rings. The molecule has 1 atom stereocenters. The fraction of sp³-hybridized carbons (Fsp3) is 0.206. The van der Waals surface area contributed by atoms with Gasteiger partial charge in [0.25, 0.3) is 0 Å². The van der Waals surface area contributed by atoms with Crippen LogP contribution in [0.1, 0.15) is 46.8 Å². The van der Waals surface area contributed by atoms with E-state index in [0.717, 1.165) is 34.4 Å². The second kappa shape index (κ2) is 13.4. The highest BCUT2D eigenvalue weighted by molar-refractivity contribution is 6.00. The Bertz CT molecular complexity index is 1460. The molecule has 0 saturated carbocycles. The summed E-state index contributed by atoms with van der Waals surface area (Å²) in [5, 5.41) is 15.4. The Balaban J connectivity index is 1.36. The molecular formula is C34H34N2O4. The maximum atomic E-state index is 12.9. The lowest BCUT2D eigenvalue weighted by Crippen LogP contribution is -2.19. The zero-order chi connectivity index (χ0) is 28.5. The minimum Gasteiger partial charge on any atom is -0.481 e. The zero-order valence-corrected chi connectivity index (χ0v) is 22.8. The van der Waals surface area contributed by atoms with E-state index >= 15 is 0 Å². The maximum absolute atomic E-state index is 12.9. The first-order chi connectivity index (χ1) is 19.3. The smallest absolute Gasteiger partial charge is 0.323 e. The number of benzene rings is 4. The maximum Gasteiger partial charge on any atom is 0.323 e. The van der Waals surface area contributed by atoms with Gasteiger partial charge in [-0.25, -0.2) is 4.79 Å². The number of carbonyl (C=O) groups excluding carboxylic acids is 2. The highest BCUT2D eigenvalue weighted by atomic mass is 16.4.